The number of carbonyl (C=O) groups is 1. The number of aryl methyl sites for hydroxylation is 1. The van der Waals surface area contributed by atoms with E-state index in [2.05, 4.69) is 4.72 Å². The van der Waals surface area contributed by atoms with E-state index in [1.165, 1.54) is 6.07 Å². The van der Waals surface area contributed by atoms with Gasteiger partial charge in [0, 0.05) is 13.2 Å². The van der Waals surface area contributed by atoms with Gasteiger partial charge in [0.2, 0.25) is 10.0 Å². The molecule has 0 amide bonds. The second-order valence-corrected chi connectivity index (χ2v) is 7.52. The van der Waals surface area contributed by atoms with Crippen molar-refractivity contribution in [1.29, 1.82) is 0 Å². The predicted molar refractivity (Wildman–Crippen MR) is 70.2 cm³/mol. The van der Waals surface area contributed by atoms with Gasteiger partial charge in [-0.25, -0.2) is 17.9 Å². The molecule has 19 heavy (non-hydrogen) atoms. The molecule has 0 spiro atoms. The highest BCUT2D eigenvalue weighted by Gasteiger charge is 2.33. The Bertz CT molecular complexity index is 586. The molecule has 1 heterocycles. The van der Waals surface area contributed by atoms with Crippen LogP contribution < -0.4 is 4.72 Å². The van der Waals surface area contributed by atoms with Crippen LogP contribution >= 0.6 is 11.3 Å². The lowest BCUT2D eigenvalue weighted by Crippen LogP contribution is -2.47. The second-order valence-electron chi connectivity index (χ2n) is 4.53. The third kappa shape index (κ3) is 2.97. The number of ether oxygens (including phenoxy) is 1. The molecule has 6 nitrogen and oxygen atoms in total. The Morgan fingerprint density at radius 1 is 1.53 bits per heavy atom. The molecule has 0 unspecified atom stereocenters. The van der Waals surface area contributed by atoms with Crippen molar-refractivity contribution in [1.82, 2.24) is 4.72 Å². The van der Waals surface area contributed by atoms with E-state index < -0.39 is 16.0 Å². The molecular formula is C11H15NO5S2. The molecule has 0 bridgehead atoms. The van der Waals surface area contributed by atoms with Gasteiger partial charge in [-0.1, -0.05) is 0 Å². The van der Waals surface area contributed by atoms with Gasteiger partial charge in [-0.15, -0.1) is 11.3 Å². The highest BCUT2D eigenvalue weighted by molar-refractivity contribution is 7.91. The SMILES string of the molecule is COC1CC(NS(=O)(=O)c2cc(C)c(C(=O)O)s2)C1. The molecule has 8 heteroatoms. The summed E-state index contributed by atoms with van der Waals surface area (Å²) >= 11 is 0.776. The summed E-state index contributed by atoms with van der Waals surface area (Å²) in [4.78, 5) is 11.0. The lowest BCUT2D eigenvalue weighted by atomic mass is 9.90. The molecule has 0 radical (unpaired) electrons. The van der Waals surface area contributed by atoms with E-state index in [9.17, 15) is 13.2 Å². The van der Waals surface area contributed by atoms with E-state index in [1.807, 2.05) is 0 Å². The van der Waals surface area contributed by atoms with Crippen LogP contribution in [0.25, 0.3) is 0 Å². The molecule has 0 saturated heterocycles. The molecule has 1 aliphatic carbocycles. The fourth-order valence-electron chi connectivity index (χ4n) is 1.93. The van der Waals surface area contributed by atoms with Gasteiger partial charge in [0.15, 0.2) is 0 Å². The van der Waals surface area contributed by atoms with E-state index in [0.717, 1.165) is 11.3 Å². The van der Waals surface area contributed by atoms with Crippen LogP contribution in [0.3, 0.4) is 0 Å². The fraction of sp³-hybridized carbons (Fsp3) is 0.545. The first-order valence-corrected chi connectivity index (χ1v) is 8.02. The quantitative estimate of drug-likeness (QED) is 0.853. The minimum atomic E-state index is -3.64. The van der Waals surface area contributed by atoms with Crippen molar-refractivity contribution in [2.45, 2.75) is 36.1 Å². The maximum atomic E-state index is 12.1. The Morgan fingerprint density at radius 3 is 2.63 bits per heavy atom. The van der Waals surface area contributed by atoms with Gasteiger partial charge in [-0.3, -0.25) is 0 Å². The number of aromatic carboxylic acids is 1. The molecule has 2 N–H and O–H groups in total. The zero-order chi connectivity index (χ0) is 14.2. The van der Waals surface area contributed by atoms with Gasteiger partial charge >= 0.3 is 5.97 Å². The molecule has 1 fully saturated rings. The van der Waals surface area contributed by atoms with Crippen LogP contribution in [0, 0.1) is 6.92 Å². The Balaban J connectivity index is 2.12. The molecular weight excluding hydrogens is 290 g/mol. The number of methoxy groups -OCH3 is 1. The monoisotopic (exact) mass is 305 g/mol. The Hall–Kier alpha value is -0.960. The first-order valence-electron chi connectivity index (χ1n) is 5.72. The molecule has 2 rings (SSSR count). The number of rotatable bonds is 5. The first-order chi connectivity index (χ1) is 8.83. The van der Waals surface area contributed by atoms with Crippen LogP contribution in [0.4, 0.5) is 0 Å². The molecule has 1 aromatic heterocycles. The van der Waals surface area contributed by atoms with Crippen molar-refractivity contribution in [2.24, 2.45) is 0 Å². The topological polar surface area (TPSA) is 92.7 Å². The summed E-state index contributed by atoms with van der Waals surface area (Å²) in [6.07, 6.45) is 1.39. The number of carboxylic acid groups (broad SMARTS) is 1. The normalized spacial score (nSPS) is 23.1. The number of thiophene rings is 1. The predicted octanol–water partition coefficient (Wildman–Crippen LogP) is 1.21. The third-order valence-electron chi connectivity index (χ3n) is 3.10. The molecule has 1 aliphatic rings. The van der Waals surface area contributed by atoms with Crippen LogP contribution in [0.1, 0.15) is 28.1 Å². The van der Waals surface area contributed by atoms with Crippen molar-refractivity contribution >= 4 is 27.3 Å². The average molecular weight is 305 g/mol. The lowest BCUT2D eigenvalue weighted by molar-refractivity contribution is 0.0236. The van der Waals surface area contributed by atoms with E-state index in [0.29, 0.717) is 18.4 Å². The van der Waals surface area contributed by atoms with Crippen LogP contribution in [-0.2, 0) is 14.8 Å². The van der Waals surface area contributed by atoms with Gasteiger partial charge in [-0.05, 0) is 31.4 Å². The van der Waals surface area contributed by atoms with Crippen molar-refractivity contribution in [3.05, 3.63) is 16.5 Å². The van der Waals surface area contributed by atoms with Gasteiger partial charge in [0.1, 0.15) is 9.09 Å². The van der Waals surface area contributed by atoms with Gasteiger partial charge < -0.3 is 9.84 Å². The molecule has 1 saturated carbocycles. The summed E-state index contributed by atoms with van der Waals surface area (Å²) in [5.74, 6) is -1.10. The number of sulfonamides is 1. The maximum absolute atomic E-state index is 12.1. The van der Waals surface area contributed by atoms with E-state index in [1.54, 1.807) is 14.0 Å². The number of hydrogen-bond acceptors (Lipinski definition) is 5. The summed E-state index contributed by atoms with van der Waals surface area (Å²) in [6.45, 7) is 1.59. The van der Waals surface area contributed by atoms with Crippen LogP contribution in [0.5, 0.6) is 0 Å². The molecule has 106 valence electrons. The van der Waals surface area contributed by atoms with Gasteiger partial charge in [-0.2, -0.15) is 0 Å². The van der Waals surface area contributed by atoms with Crippen LogP contribution in [-0.4, -0.2) is 38.7 Å². The van der Waals surface area contributed by atoms with E-state index >= 15 is 0 Å². The minimum Gasteiger partial charge on any atom is -0.477 e. The van der Waals surface area contributed by atoms with Crippen molar-refractivity contribution < 1.29 is 23.1 Å². The molecule has 0 aliphatic heterocycles. The van der Waals surface area contributed by atoms with Gasteiger partial charge in [0.25, 0.3) is 0 Å². The summed E-state index contributed by atoms with van der Waals surface area (Å²) in [6, 6.07) is 1.26. The number of carboxylic acids is 1. The Morgan fingerprint density at radius 2 is 2.16 bits per heavy atom. The second kappa shape index (κ2) is 5.20. The maximum Gasteiger partial charge on any atom is 0.346 e. The smallest absolute Gasteiger partial charge is 0.346 e. The molecule has 0 aromatic carbocycles. The Kier molecular flexibility index (Phi) is 3.95. The zero-order valence-electron chi connectivity index (χ0n) is 10.5. The standard InChI is InChI=1S/C11H15NO5S2/c1-6-3-9(18-10(6)11(13)14)19(15,16)12-7-4-8(5-7)17-2/h3,7-8,12H,4-5H2,1-2H3,(H,13,14). The summed E-state index contributed by atoms with van der Waals surface area (Å²) < 4.78 is 31.9. The third-order valence-corrected chi connectivity index (χ3v) is 6.32. The van der Waals surface area contributed by atoms with Crippen molar-refractivity contribution in [3.8, 4) is 0 Å². The van der Waals surface area contributed by atoms with Gasteiger partial charge in [0.05, 0.1) is 6.10 Å². The zero-order valence-corrected chi connectivity index (χ0v) is 12.2. The van der Waals surface area contributed by atoms with E-state index in [4.69, 9.17) is 9.84 Å². The van der Waals surface area contributed by atoms with Crippen LogP contribution in [0.2, 0.25) is 0 Å². The number of hydrogen-bond donors (Lipinski definition) is 2. The summed E-state index contributed by atoms with van der Waals surface area (Å²) in [5.41, 5.74) is 0.459. The fourth-order valence-corrected chi connectivity index (χ4v) is 4.59. The van der Waals surface area contributed by atoms with E-state index in [-0.39, 0.29) is 21.2 Å². The summed E-state index contributed by atoms with van der Waals surface area (Å²) in [5, 5.41) is 8.93. The minimum absolute atomic E-state index is 0.0447. The van der Waals surface area contributed by atoms with Crippen molar-refractivity contribution in [3.63, 3.8) is 0 Å². The largest absolute Gasteiger partial charge is 0.477 e. The highest BCUT2D eigenvalue weighted by Crippen LogP contribution is 2.29. The van der Waals surface area contributed by atoms with Crippen LogP contribution in [0.15, 0.2) is 10.3 Å². The first kappa shape index (κ1) is 14.4. The number of nitrogens with one attached hydrogen (secondary N) is 1. The molecule has 0 atom stereocenters. The average Bonchev–Trinajstić information content (AvgIpc) is 2.66. The molecule has 1 aromatic rings. The summed E-state index contributed by atoms with van der Waals surface area (Å²) in [7, 11) is -2.04. The van der Waals surface area contributed by atoms with Crippen molar-refractivity contribution in [2.75, 3.05) is 7.11 Å². The lowest BCUT2D eigenvalue weighted by Gasteiger charge is -2.34. The Labute approximate surface area is 115 Å². The highest BCUT2D eigenvalue weighted by atomic mass is 32.2.